The highest BCUT2D eigenvalue weighted by Crippen LogP contribution is 2.26. The van der Waals surface area contributed by atoms with E-state index in [1.54, 1.807) is 29.1 Å². The van der Waals surface area contributed by atoms with Gasteiger partial charge in [0.1, 0.15) is 5.02 Å². The predicted molar refractivity (Wildman–Crippen MR) is 86.3 cm³/mol. The van der Waals surface area contributed by atoms with Crippen LogP contribution in [0.25, 0.3) is 0 Å². The number of amides is 1. The van der Waals surface area contributed by atoms with E-state index in [1.165, 1.54) is 0 Å². The molecule has 0 atom stereocenters. The van der Waals surface area contributed by atoms with E-state index in [4.69, 9.17) is 34.8 Å². The number of nitrogens with zero attached hydrogens (tertiary/aromatic N) is 2. The van der Waals surface area contributed by atoms with Gasteiger partial charge in [-0.3, -0.25) is 9.48 Å². The first-order chi connectivity index (χ1) is 10.0. The minimum Gasteiger partial charge on any atom is -0.308 e. The highest BCUT2D eigenvalue weighted by molar-refractivity contribution is 6.36. The first kappa shape index (κ1) is 16.1. The topological polar surface area (TPSA) is 46.9 Å². The monoisotopic (exact) mass is 345 g/mol. The van der Waals surface area contributed by atoms with Gasteiger partial charge in [0, 0.05) is 28.2 Å². The van der Waals surface area contributed by atoms with Crippen molar-refractivity contribution in [2.24, 2.45) is 0 Å². The van der Waals surface area contributed by atoms with Crippen molar-refractivity contribution in [1.82, 2.24) is 9.78 Å². The number of hydrogen-bond acceptors (Lipinski definition) is 2. The van der Waals surface area contributed by atoms with E-state index in [0.29, 0.717) is 33.9 Å². The highest BCUT2D eigenvalue weighted by atomic mass is 35.5. The first-order valence-corrected chi connectivity index (χ1v) is 7.60. The molecule has 112 valence electrons. The van der Waals surface area contributed by atoms with Crippen LogP contribution < -0.4 is 5.32 Å². The molecule has 0 spiro atoms. The maximum atomic E-state index is 11.6. The van der Waals surface area contributed by atoms with Gasteiger partial charge in [0.15, 0.2) is 5.82 Å². The van der Waals surface area contributed by atoms with Crippen molar-refractivity contribution < 1.29 is 4.79 Å². The average molecular weight is 347 g/mol. The van der Waals surface area contributed by atoms with Crippen LogP contribution in [0, 0.1) is 0 Å². The molecule has 2 aromatic rings. The number of anilines is 1. The molecule has 0 saturated carbocycles. The van der Waals surface area contributed by atoms with Gasteiger partial charge in [-0.15, -0.1) is 0 Å². The lowest BCUT2D eigenvalue weighted by Gasteiger charge is -2.06. The fourth-order valence-electron chi connectivity index (χ4n) is 1.83. The van der Waals surface area contributed by atoms with Crippen LogP contribution in [0.2, 0.25) is 15.1 Å². The molecule has 0 radical (unpaired) electrons. The third kappa shape index (κ3) is 4.13. The summed E-state index contributed by atoms with van der Waals surface area (Å²) < 4.78 is 1.59. The molecule has 0 bridgehead atoms. The van der Waals surface area contributed by atoms with Crippen molar-refractivity contribution in [2.45, 2.75) is 26.3 Å². The predicted octanol–water partition coefficient (Wildman–Crippen LogP) is 4.63. The van der Waals surface area contributed by atoms with Crippen molar-refractivity contribution in [3.63, 3.8) is 0 Å². The van der Waals surface area contributed by atoms with E-state index in [2.05, 4.69) is 10.4 Å². The Bertz CT molecular complexity index is 635. The van der Waals surface area contributed by atoms with E-state index in [-0.39, 0.29) is 5.91 Å². The Labute approximate surface area is 138 Å². The van der Waals surface area contributed by atoms with Crippen LogP contribution in [0.1, 0.15) is 25.3 Å². The van der Waals surface area contributed by atoms with Gasteiger partial charge in [-0.05, 0) is 18.6 Å². The molecule has 1 N–H and O–H groups in total. The van der Waals surface area contributed by atoms with Crippen LogP contribution in [0.5, 0.6) is 0 Å². The molecule has 0 aliphatic rings. The summed E-state index contributed by atoms with van der Waals surface area (Å²) in [7, 11) is 0. The first-order valence-electron chi connectivity index (χ1n) is 6.47. The van der Waals surface area contributed by atoms with Crippen LogP contribution in [-0.4, -0.2) is 15.7 Å². The third-order valence-electron chi connectivity index (χ3n) is 2.83. The minimum absolute atomic E-state index is 0.111. The molecule has 0 aliphatic carbocycles. The summed E-state index contributed by atoms with van der Waals surface area (Å²) in [5.41, 5.74) is 0.756. The summed E-state index contributed by atoms with van der Waals surface area (Å²) >= 11 is 18.3. The smallest absolute Gasteiger partial charge is 0.225 e. The summed E-state index contributed by atoms with van der Waals surface area (Å²) in [6.45, 7) is 2.31. The molecule has 2 rings (SSSR count). The van der Waals surface area contributed by atoms with Crippen LogP contribution >= 0.6 is 34.8 Å². The van der Waals surface area contributed by atoms with Crippen molar-refractivity contribution in [3.8, 4) is 0 Å². The number of nitrogens with one attached hydrogen (secondary N) is 1. The van der Waals surface area contributed by atoms with Gasteiger partial charge in [-0.2, -0.15) is 5.10 Å². The minimum atomic E-state index is -0.111. The van der Waals surface area contributed by atoms with E-state index in [1.807, 2.05) is 6.92 Å². The lowest BCUT2D eigenvalue weighted by Crippen LogP contribution is -2.12. The Morgan fingerprint density at radius 2 is 1.90 bits per heavy atom. The molecule has 1 heterocycles. The fraction of sp³-hybridized carbons (Fsp3) is 0.286. The summed E-state index contributed by atoms with van der Waals surface area (Å²) in [6.07, 6.45) is 2.82. The van der Waals surface area contributed by atoms with Gasteiger partial charge < -0.3 is 5.32 Å². The zero-order valence-corrected chi connectivity index (χ0v) is 13.6. The second-order valence-electron chi connectivity index (χ2n) is 4.52. The second-order valence-corrected chi connectivity index (χ2v) is 5.74. The van der Waals surface area contributed by atoms with E-state index in [9.17, 15) is 4.79 Å². The van der Waals surface area contributed by atoms with E-state index in [0.717, 1.165) is 12.0 Å². The maximum Gasteiger partial charge on any atom is 0.225 e. The number of rotatable bonds is 5. The normalized spacial score (nSPS) is 10.7. The summed E-state index contributed by atoms with van der Waals surface area (Å²) in [5, 5.41) is 8.42. The SMILES string of the molecule is CCCC(=O)Nc1nn(Cc2c(Cl)cccc2Cl)cc1Cl. The Balaban J connectivity index is 2.17. The number of carbonyl (C=O) groups excluding carboxylic acids is 1. The average Bonchev–Trinajstić information content (AvgIpc) is 2.75. The zero-order valence-electron chi connectivity index (χ0n) is 11.4. The Morgan fingerprint density at radius 3 is 2.52 bits per heavy atom. The number of carbonyl (C=O) groups is 1. The van der Waals surface area contributed by atoms with Gasteiger partial charge >= 0.3 is 0 Å². The van der Waals surface area contributed by atoms with E-state index >= 15 is 0 Å². The van der Waals surface area contributed by atoms with Crippen molar-refractivity contribution in [2.75, 3.05) is 5.32 Å². The molecule has 21 heavy (non-hydrogen) atoms. The molecule has 1 aromatic carbocycles. The van der Waals surface area contributed by atoms with Crippen LogP contribution in [-0.2, 0) is 11.3 Å². The lowest BCUT2D eigenvalue weighted by molar-refractivity contribution is -0.116. The van der Waals surface area contributed by atoms with Gasteiger partial charge in [-0.25, -0.2) is 0 Å². The summed E-state index contributed by atoms with van der Waals surface area (Å²) in [6, 6.07) is 5.30. The van der Waals surface area contributed by atoms with Gasteiger partial charge in [0.05, 0.1) is 6.54 Å². The van der Waals surface area contributed by atoms with Crippen molar-refractivity contribution >= 4 is 46.5 Å². The van der Waals surface area contributed by atoms with Crippen LogP contribution in [0.15, 0.2) is 24.4 Å². The summed E-state index contributed by atoms with van der Waals surface area (Å²) in [4.78, 5) is 11.6. The standard InChI is InChI=1S/C14H14Cl3N3O/c1-2-4-13(21)18-14-12(17)8-20(19-14)7-9-10(15)5-3-6-11(9)16/h3,5-6,8H,2,4,7H2,1H3,(H,18,19,21). The second kappa shape index (κ2) is 7.16. The number of benzene rings is 1. The number of halogens is 3. The molecule has 0 unspecified atom stereocenters. The fourth-order valence-corrected chi connectivity index (χ4v) is 2.54. The van der Waals surface area contributed by atoms with Gasteiger partial charge in [0.25, 0.3) is 0 Å². The molecule has 0 saturated heterocycles. The van der Waals surface area contributed by atoms with E-state index < -0.39 is 0 Å². The Morgan fingerprint density at radius 1 is 1.24 bits per heavy atom. The molecular weight excluding hydrogens is 333 g/mol. The molecule has 1 amide bonds. The largest absolute Gasteiger partial charge is 0.308 e. The number of hydrogen-bond donors (Lipinski definition) is 1. The molecule has 4 nitrogen and oxygen atoms in total. The molecule has 1 aromatic heterocycles. The Kier molecular flexibility index (Phi) is 5.51. The van der Waals surface area contributed by atoms with Crippen molar-refractivity contribution in [1.29, 1.82) is 0 Å². The maximum absolute atomic E-state index is 11.6. The summed E-state index contributed by atoms with van der Waals surface area (Å²) in [5.74, 6) is 0.235. The van der Waals surface area contributed by atoms with Crippen LogP contribution in [0.4, 0.5) is 5.82 Å². The van der Waals surface area contributed by atoms with Crippen molar-refractivity contribution in [3.05, 3.63) is 45.0 Å². The Hall–Kier alpha value is -1.23. The quantitative estimate of drug-likeness (QED) is 0.858. The van der Waals surface area contributed by atoms with Gasteiger partial charge in [0.2, 0.25) is 5.91 Å². The van der Waals surface area contributed by atoms with Gasteiger partial charge in [-0.1, -0.05) is 47.8 Å². The third-order valence-corrected chi connectivity index (χ3v) is 3.82. The molecule has 0 aliphatic heterocycles. The molecule has 0 fully saturated rings. The zero-order chi connectivity index (χ0) is 15.4. The number of aromatic nitrogens is 2. The molecule has 7 heteroatoms. The van der Waals surface area contributed by atoms with Crippen LogP contribution in [0.3, 0.4) is 0 Å². The highest BCUT2D eigenvalue weighted by Gasteiger charge is 2.12. The molecular formula is C14H14Cl3N3O. The lowest BCUT2D eigenvalue weighted by atomic mass is 10.2.